The first-order valence-electron chi connectivity index (χ1n) is 10.7. The lowest BCUT2D eigenvalue weighted by Crippen LogP contribution is -2.44. The third-order valence-electron chi connectivity index (χ3n) is 5.35. The number of anilines is 2. The maximum Gasteiger partial charge on any atom is 0.275 e. The van der Waals surface area contributed by atoms with Gasteiger partial charge in [0.2, 0.25) is 0 Å². The first-order valence-corrected chi connectivity index (χ1v) is 11.1. The van der Waals surface area contributed by atoms with E-state index >= 15 is 0 Å². The van der Waals surface area contributed by atoms with Gasteiger partial charge in [0.15, 0.2) is 5.11 Å². The highest BCUT2D eigenvalue weighted by Gasteiger charge is 2.36. The molecule has 1 amide bonds. The molecule has 178 valence electrons. The molecule has 0 radical (unpaired) electrons. The SMILES string of the molecule is CCOc1ccc(NC(=S)NNC(=O)c2cnn3c2NC(c2ccccc2)CC3C(F)F)cc1. The normalized spacial score (nSPS) is 16.8. The Morgan fingerprint density at radius 3 is 2.62 bits per heavy atom. The monoisotopic (exact) mass is 486 g/mol. The van der Waals surface area contributed by atoms with E-state index in [1.807, 2.05) is 37.3 Å². The van der Waals surface area contributed by atoms with Gasteiger partial charge in [-0.2, -0.15) is 5.10 Å². The van der Waals surface area contributed by atoms with Crippen molar-refractivity contribution in [1.82, 2.24) is 20.6 Å². The number of hydrazine groups is 1. The second-order valence-electron chi connectivity index (χ2n) is 7.59. The number of benzene rings is 2. The average molecular weight is 487 g/mol. The van der Waals surface area contributed by atoms with E-state index in [1.54, 1.807) is 24.3 Å². The molecule has 0 aliphatic carbocycles. The van der Waals surface area contributed by atoms with Crippen LogP contribution in [-0.2, 0) is 0 Å². The van der Waals surface area contributed by atoms with Crippen LogP contribution in [0, 0.1) is 0 Å². The molecule has 3 aromatic rings. The van der Waals surface area contributed by atoms with Gasteiger partial charge in [0.25, 0.3) is 12.3 Å². The number of carbonyl (C=O) groups excluding carboxylic acids is 1. The maximum absolute atomic E-state index is 13.8. The molecule has 0 saturated heterocycles. The third-order valence-corrected chi connectivity index (χ3v) is 5.55. The summed E-state index contributed by atoms with van der Waals surface area (Å²) in [5, 5.41) is 10.3. The van der Waals surface area contributed by atoms with E-state index in [4.69, 9.17) is 17.0 Å². The Labute approximate surface area is 200 Å². The van der Waals surface area contributed by atoms with Gasteiger partial charge in [0.05, 0.1) is 18.8 Å². The fraction of sp³-hybridized carbons (Fsp3) is 0.261. The lowest BCUT2D eigenvalue weighted by Gasteiger charge is -2.32. The summed E-state index contributed by atoms with van der Waals surface area (Å²) in [6.45, 7) is 2.47. The van der Waals surface area contributed by atoms with Crippen LogP contribution in [0.25, 0.3) is 0 Å². The molecule has 2 heterocycles. The van der Waals surface area contributed by atoms with Gasteiger partial charge in [0, 0.05) is 5.69 Å². The standard InChI is InChI=1S/C23H24F2N6O2S/c1-2-33-16-10-8-15(9-11-16)27-23(34)30-29-22(32)17-13-26-31-19(20(24)25)12-18(28-21(17)31)14-6-4-3-5-7-14/h3-11,13,18-20,28H,2,12H2,1H3,(H,29,32)(H2,27,30,34). The Morgan fingerprint density at radius 1 is 1.21 bits per heavy atom. The fourth-order valence-electron chi connectivity index (χ4n) is 3.75. The molecule has 1 aliphatic rings. The number of thiocarbonyl (C=S) groups is 1. The van der Waals surface area contributed by atoms with Gasteiger partial charge in [0.1, 0.15) is 23.2 Å². The quantitative estimate of drug-likeness (QED) is 0.305. The average Bonchev–Trinajstić information content (AvgIpc) is 3.28. The summed E-state index contributed by atoms with van der Waals surface area (Å²) in [7, 11) is 0. The molecule has 0 fully saturated rings. The number of halogens is 2. The molecule has 4 rings (SSSR count). The summed E-state index contributed by atoms with van der Waals surface area (Å²) in [5.41, 5.74) is 6.79. The van der Waals surface area contributed by atoms with Gasteiger partial charge in [-0.25, -0.2) is 13.5 Å². The van der Waals surface area contributed by atoms with Crippen LogP contribution in [0.3, 0.4) is 0 Å². The molecule has 11 heteroatoms. The van der Waals surface area contributed by atoms with Crippen LogP contribution >= 0.6 is 12.2 Å². The zero-order valence-electron chi connectivity index (χ0n) is 18.3. The molecule has 1 aliphatic heterocycles. The Morgan fingerprint density at radius 2 is 1.94 bits per heavy atom. The minimum absolute atomic E-state index is 0.127. The first-order chi connectivity index (χ1) is 16.5. The highest BCUT2D eigenvalue weighted by atomic mass is 32.1. The highest BCUT2D eigenvalue weighted by Crippen LogP contribution is 2.39. The number of hydrogen-bond acceptors (Lipinski definition) is 5. The van der Waals surface area contributed by atoms with Crippen molar-refractivity contribution < 1.29 is 18.3 Å². The van der Waals surface area contributed by atoms with Gasteiger partial charge in [-0.05, 0) is 55.4 Å². The van der Waals surface area contributed by atoms with E-state index in [1.165, 1.54) is 10.9 Å². The van der Waals surface area contributed by atoms with Crippen molar-refractivity contribution in [2.45, 2.75) is 31.9 Å². The van der Waals surface area contributed by atoms with Gasteiger partial charge in [-0.3, -0.25) is 15.6 Å². The predicted octanol–water partition coefficient (Wildman–Crippen LogP) is 4.28. The zero-order chi connectivity index (χ0) is 24.1. The lowest BCUT2D eigenvalue weighted by molar-refractivity contribution is 0.0656. The summed E-state index contributed by atoms with van der Waals surface area (Å²) < 4.78 is 34.2. The summed E-state index contributed by atoms with van der Waals surface area (Å²) in [4.78, 5) is 12.8. The van der Waals surface area contributed by atoms with Gasteiger partial charge < -0.3 is 15.4 Å². The van der Waals surface area contributed by atoms with E-state index in [-0.39, 0.29) is 29.0 Å². The number of nitrogens with zero attached hydrogens (tertiary/aromatic N) is 2. The van der Waals surface area contributed by atoms with Crippen LogP contribution < -0.4 is 26.2 Å². The topological polar surface area (TPSA) is 92.2 Å². The predicted molar refractivity (Wildman–Crippen MR) is 129 cm³/mol. The van der Waals surface area contributed by atoms with E-state index in [2.05, 4.69) is 26.6 Å². The zero-order valence-corrected chi connectivity index (χ0v) is 19.1. The van der Waals surface area contributed by atoms with E-state index in [0.29, 0.717) is 12.3 Å². The van der Waals surface area contributed by atoms with Crippen molar-refractivity contribution in [3.05, 3.63) is 71.9 Å². The number of amides is 1. The second-order valence-corrected chi connectivity index (χ2v) is 8.00. The van der Waals surface area contributed by atoms with Gasteiger partial charge >= 0.3 is 0 Å². The summed E-state index contributed by atoms with van der Waals surface area (Å²) in [5.74, 6) is 0.399. The lowest BCUT2D eigenvalue weighted by atomic mass is 9.97. The molecular formula is C23H24F2N6O2S. The van der Waals surface area contributed by atoms with E-state index in [9.17, 15) is 13.6 Å². The van der Waals surface area contributed by atoms with Crippen LogP contribution in [0.15, 0.2) is 60.8 Å². The molecular weight excluding hydrogens is 462 g/mol. The van der Waals surface area contributed by atoms with Crippen LogP contribution in [-0.4, -0.2) is 33.8 Å². The van der Waals surface area contributed by atoms with Crippen LogP contribution in [0.5, 0.6) is 5.75 Å². The minimum Gasteiger partial charge on any atom is -0.494 e. The molecule has 2 atom stereocenters. The number of ether oxygens (including phenoxy) is 1. The third kappa shape index (κ3) is 5.25. The summed E-state index contributed by atoms with van der Waals surface area (Å²) >= 11 is 5.22. The summed E-state index contributed by atoms with van der Waals surface area (Å²) in [6, 6.07) is 14.9. The number of alkyl halides is 2. The highest BCUT2D eigenvalue weighted by molar-refractivity contribution is 7.80. The van der Waals surface area contributed by atoms with Crippen LogP contribution in [0.4, 0.5) is 20.3 Å². The Bertz CT molecular complexity index is 1140. The number of rotatable bonds is 6. The first kappa shape index (κ1) is 23.4. The van der Waals surface area contributed by atoms with Crippen LogP contribution in [0.1, 0.15) is 41.3 Å². The molecule has 2 aromatic carbocycles. The number of fused-ring (bicyclic) bond motifs is 1. The number of nitrogens with one attached hydrogen (secondary N) is 4. The molecule has 2 unspecified atom stereocenters. The smallest absolute Gasteiger partial charge is 0.275 e. The molecule has 34 heavy (non-hydrogen) atoms. The Kier molecular flexibility index (Phi) is 7.21. The molecule has 1 aromatic heterocycles. The number of carbonyl (C=O) groups is 1. The fourth-order valence-corrected chi connectivity index (χ4v) is 3.92. The maximum atomic E-state index is 13.8. The van der Waals surface area contributed by atoms with Crippen molar-refractivity contribution in [1.29, 1.82) is 0 Å². The minimum atomic E-state index is -2.63. The van der Waals surface area contributed by atoms with Crippen molar-refractivity contribution in [3.63, 3.8) is 0 Å². The largest absolute Gasteiger partial charge is 0.494 e. The van der Waals surface area contributed by atoms with Crippen molar-refractivity contribution in [2.75, 3.05) is 17.2 Å². The van der Waals surface area contributed by atoms with E-state index in [0.717, 1.165) is 11.3 Å². The second kappa shape index (κ2) is 10.5. The molecule has 0 bridgehead atoms. The Hall–Kier alpha value is -3.73. The van der Waals surface area contributed by atoms with Gasteiger partial charge in [-0.1, -0.05) is 30.3 Å². The van der Waals surface area contributed by atoms with Crippen molar-refractivity contribution in [2.24, 2.45) is 0 Å². The van der Waals surface area contributed by atoms with Crippen LogP contribution in [0.2, 0.25) is 0 Å². The van der Waals surface area contributed by atoms with E-state index < -0.39 is 18.4 Å². The molecule has 0 spiro atoms. The Balaban J connectivity index is 1.43. The summed E-state index contributed by atoms with van der Waals surface area (Å²) in [6.07, 6.45) is -1.22. The van der Waals surface area contributed by atoms with Crippen molar-refractivity contribution >= 4 is 34.7 Å². The number of aromatic nitrogens is 2. The number of hydrogen-bond donors (Lipinski definition) is 4. The molecule has 0 saturated carbocycles. The van der Waals surface area contributed by atoms with Crippen molar-refractivity contribution in [3.8, 4) is 5.75 Å². The van der Waals surface area contributed by atoms with Gasteiger partial charge in [-0.15, -0.1) is 0 Å². The molecule has 4 N–H and O–H groups in total. The molecule has 8 nitrogen and oxygen atoms in total.